The third-order valence-corrected chi connectivity index (χ3v) is 14.6. The van der Waals surface area contributed by atoms with Crippen molar-refractivity contribution >= 4 is 25.9 Å². The van der Waals surface area contributed by atoms with Crippen molar-refractivity contribution in [2.24, 2.45) is 5.92 Å². The number of rotatable bonds is 15. The lowest BCUT2D eigenvalue weighted by atomic mass is 9.81. The van der Waals surface area contributed by atoms with Gasteiger partial charge in [0.1, 0.15) is 5.75 Å². The van der Waals surface area contributed by atoms with E-state index in [-0.39, 0.29) is 39.7 Å². The van der Waals surface area contributed by atoms with Crippen LogP contribution in [-0.2, 0) is 30.7 Å². The van der Waals surface area contributed by atoms with Gasteiger partial charge in [-0.05, 0) is 78.6 Å². The minimum atomic E-state index is -2.00. The van der Waals surface area contributed by atoms with Crippen molar-refractivity contribution in [1.29, 1.82) is 0 Å². The zero-order chi connectivity index (χ0) is 32.5. The molecule has 0 saturated heterocycles. The van der Waals surface area contributed by atoms with Crippen molar-refractivity contribution in [2.75, 3.05) is 20.8 Å². The summed E-state index contributed by atoms with van der Waals surface area (Å²) in [5.74, 6) is 1.18. The van der Waals surface area contributed by atoms with Crippen LogP contribution in [0.15, 0.2) is 60.7 Å². The molecule has 2 aromatic carbocycles. The molecule has 0 bridgehead atoms. The van der Waals surface area contributed by atoms with Gasteiger partial charge >= 0.3 is 5.97 Å². The van der Waals surface area contributed by atoms with Crippen LogP contribution in [0.1, 0.15) is 89.3 Å². The van der Waals surface area contributed by atoms with Crippen LogP contribution < -0.4 is 4.74 Å². The first-order valence-electron chi connectivity index (χ1n) is 16.0. The van der Waals surface area contributed by atoms with Gasteiger partial charge in [-0.15, -0.1) is 11.6 Å². The zero-order valence-corrected chi connectivity index (χ0v) is 30.2. The second-order valence-electron chi connectivity index (χ2n) is 14.4. The summed E-state index contributed by atoms with van der Waals surface area (Å²) in [5, 5.41) is 0.161. The van der Waals surface area contributed by atoms with Gasteiger partial charge < -0.3 is 18.6 Å². The number of carbonyl (C=O) groups excluding carboxylic acids is 1. The number of hydrogen-bond acceptors (Lipinski definition) is 5. The Bertz CT molecular complexity index is 1200. The van der Waals surface area contributed by atoms with Crippen molar-refractivity contribution in [2.45, 2.75) is 114 Å². The highest BCUT2D eigenvalue weighted by Crippen LogP contribution is 2.49. The van der Waals surface area contributed by atoms with Crippen LogP contribution in [0.5, 0.6) is 5.75 Å². The van der Waals surface area contributed by atoms with E-state index in [0.29, 0.717) is 19.6 Å². The Morgan fingerprint density at radius 1 is 0.977 bits per heavy atom. The van der Waals surface area contributed by atoms with Crippen LogP contribution in [0.4, 0.5) is 0 Å². The molecular formula is C37H55ClO5Si. The number of ether oxygens (including phenoxy) is 3. The summed E-state index contributed by atoms with van der Waals surface area (Å²) in [6.07, 6.45) is 8.35. The molecule has 0 amide bonds. The van der Waals surface area contributed by atoms with Gasteiger partial charge in [0.2, 0.25) is 0 Å². The molecule has 0 spiro atoms. The van der Waals surface area contributed by atoms with E-state index in [2.05, 4.69) is 84.1 Å². The second-order valence-corrected chi connectivity index (χ2v) is 19.7. The Morgan fingerprint density at radius 2 is 1.64 bits per heavy atom. The average Bonchev–Trinajstić information content (AvgIpc) is 3.27. The maximum absolute atomic E-state index is 11.4. The summed E-state index contributed by atoms with van der Waals surface area (Å²) in [5.41, 5.74) is 3.53. The molecule has 0 radical (unpaired) electrons. The number of carbonyl (C=O) groups is 1. The van der Waals surface area contributed by atoms with Crippen molar-refractivity contribution in [1.82, 2.24) is 0 Å². The highest BCUT2D eigenvalue weighted by atomic mass is 35.5. The number of alkyl halides is 1. The summed E-state index contributed by atoms with van der Waals surface area (Å²) in [7, 11) is 1.11. The Balaban J connectivity index is 1.74. The van der Waals surface area contributed by atoms with E-state index in [1.807, 2.05) is 24.3 Å². The first-order chi connectivity index (χ1) is 20.7. The molecule has 44 heavy (non-hydrogen) atoms. The van der Waals surface area contributed by atoms with Gasteiger partial charge in [-0.1, -0.05) is 83.2 Å². The van der Waals surface area contributed by atoms with Crippen molar-refractivity contribution in [3.05, 3.63) is 77.4 Å². The summed E-state index contributed by atoms with van der Waals surface area (Å²) in [6.45, 7) is 17.2. The van der Waals surface area contributed by atoms with Crippen molar-refractivity contribution in [3.8, 4) is 5.75 Å². The first-order valence-corrected chi connectivity index (χ1v) is 19.4. The second kappa shape index (κ2) is 15.9. The van der Waals surface area contributed by atoms with Gasteiger partial charge in [0.15, 0.2) is 8.32 Å². The van der Waals surface area contributed by atoms with Gasteiger partial charge in [0.25, 0.3) is 0 Å². The van der Waals surface area contributed by atoms with Crippen molar-refractivity contribution in [3.63, 3.8) is 0 Å². The molecule has 3 rings (SSSR count). The molecule has 1 fully saturated rings. The van der Waals surface area contributed by atoms with Crippen LogP contribution in [0.3, 0.4) is 0 Å². The van der Waals surface area contributed by atoms with Gasteiger partial charge in [-0.2, -0.15) is 0 Å². The molecule has 7 heteroatoms. The van der Waals surface area contributed by atoms with Crippen LogP contribution in [0, 0.1) is 5.92 Å². The van der Waals surface area contributed by atoms with E-state index < -0.39 is 8.32 Å². The maximum atomic E-state index is 11.4. The van der Waals surface area contributed by atoms with E-state index in [1.54, 1.807) is 7.11 Å². The molecule has 0 N–H and O–H groups in total. The normalized spacial score (nSPS) is 21.1. The molecule has 1 saturated carbocycles. The fourth-order valence-corrected chi connectivity index (χ4v) is 7.49. The smallest absolute Gasteiger partial charge is 0.305 e. The topological polar surface area (TPSA) is 54.0 Å². The molecule has 1 unspecified atom stereocenters. The van der Waals surface area contributed by atoms with E-state index in [4.69, 9.17) is 30.2 Å². The molecular weight excluding hydrogens is 588 g/mol. The minimum absolute atomic E-state index is 0.0389. The fraction of sp³-hybridized carbons (Fsp3) is 0.595. The van der Waals surface area contributed by atoms with E-state index in [9.17, 15) is 4.79 Å². The number of methoxy groups -OCH3 is 2. The largest absolute Gasteiger partial charge is 0.497 e. The highest BCUT2D eigenvalue weighted by Gasteiger charge is 2.48. The first kappa shape index (κ1) is 36.3. The predicted molar refractivity (Wildman–Crippen MR) is 184 cm³/mol. The quantitative estimate of drug-likeness (QED) is 0.0636. The third-order valence-electron chi connectivity index (χ3n) is 9.56. The lowest BCUT2D eigenvalue weighted by Gasteiger charge is -2.40. The molecule has 0 aliphatic heterocycles. The SMILES string of the molecule is COC(=O)CCC/C=C\CC1[C@H](Cl)C[C@@H](O[Si](C)(C)C(C)(C)C)[C@@H]1c1ccc(C(C)(C)COCc2ccc(OC)cc2)cc1. The molecule has 2 aromatic rings. The predicted octanol–water partition coefficient (Wildman–Crippen LogP) is 9.58. The van der Waals surface area contributed by atoms with Gasteiger partial charge in [0.05, 0.1) is 33.5 Å². The summed E-state index contributed by atoms with van der Waals surface area (Å²) >= 11 is 7.11. The molecule has 0 heterocycles. The molecule has 5 nitrogen and oxygen atoms in total. The Morgan fingerprint density at radius 3 is 2.23 bits per heavy atom. The highest BCUT2D eigenvalue weighted by molar-refractivity contribution is 6.74. The van der Waals surface area contributed by atoms with Gasteiger partial charge in [-0.25, -0.2) is 0 Å². The lowest BCUT2D eigenvalue weighted by Crippen LogP contribution is -2.44. The van der Waals surface area contributed by atoms with Crippen LogP contribution >= 0.6 is 11.6 Å². The van der Waals surface area contributed by atoms with Crippen LogP contribution in [0.2, 0.25) is 18.1 Å². The maximum Gasteiger partial charge on any atom is 0.305 e. The van der Waals surface area contributed by atoms with E-state index in [0.717, 1.165) is 37.0 Å². The third kappa shape index (κ3) is 9.94. The molecule has 1 aliphatic carbocycles. The van der Waals surface area contributed by atoms with Gasteiger partial charge in [0, 0.05) is 23.1 Å². The molecule has 244 valence electrons. The lowest BCUT2D eigenvalue weighted by molar-refractivity contribution is -0.140. The molecule has 1 aliphatic rings. The number of hydrogen-bond donors (Lipinski definition) is 0. The van der Waals surface area contributed by atoms with Crippen LogP contribution in [-0.4, -0.2) is 46.6 Å². The monoisotopic (exact) mass is 642 g/mol. The summed E-state index contributed by atoms with van der Waals surface area (Å²) in [4.78, 5) is 11.4. The minimum Gasteiger partial charge on any atom is -0.497 e. The van der Waals surface area contributed by atoms with E-state index >= 15 is 0 Å². The van der Waals surface area contributed by atoms with Crippen LogP contribution in [0.25, 0.3) is 0 Å². The molecule has 4 atom stereocenters. The Hall–Kier alpha value is -2.12. The number of benzene rings is 2. The van der Waals surface area contributed by atoms with E-state index in [1.165, 1.54) is 18.2 Å². The molecule has 0 aromatic heterocycles. The Kier molecular flexibility index (Phi) is 13.2. The Labute approximate surface area is 272 Å². The fourth-order valence-electron chi connectivity index (χ4n) is 5.70. The number of halogens is 1. The summed E-state index contributed by atoms with van der Waals surface area (Å²) < 4.78 is 23.3. The summed E-state index contributed by atoms with van der Waals surface area (Å²) in [6, 6.07) is 17.1. The standard InChI is InChI=1S/C37H55ClO5Si/c1-36(2,3)44(8,9)43-33-24-32(38)31(14-12-10-11-13-15-34(39)41-7)35(33)28-18-20-29(21-19-28)37(4,5)26-42-25-27-16-22-30(40-6)23-17-27/h10,12,16-23,31-33,35H,11,13-15,24-26H2,1-9H3/b12-10-/t31?,32-,33-,35-/m1/s1. The van der Waals surface area contributed by atoms with Crippen molar-refractivity contribution < 1.29 is 23.4 Å². The number of allylic oxidation sites excluding steroid dienone is 2. The number of unbranched alkanes of at least 4 members (excludes halogenated alkanes) is 1. The van der Waals surface area contributed by atoms with Gasteiger partial charge in [-0.3, -0.25) is 4.79 Å². The average molecular weight is 643 g/mol. The zero-order valence-electron chi connectivity index (χ0n) is 28.5. The number of esters is 1.